The zero-order chi connectivity index (χ0) is 24.0. The molecule has 0 aliphatic heterocycles. The number of ketones is 1. The molecule has 1 amide bonds. The molecule has 3 aromatic rings. The molecule has 0 saturated heterocycles. The number of aromatic nitrogens is 2. The second-order valence-electron chi connectivity index (χ2n) is 7.85. The summed E-state index contributed by atoms with van der Waals surface area (Å²) >= 11 is 0. The van der Waals surface area contributed by atoms with Crippen LogP contribution in [-0.4, -0.2) is 53.1 Å². The minimum atomic E-state index is -0.631. The first-order chi connectivity index (χ1) is 15.9. The molecule has 1 heterocycles. The molecule has 0 saturated carbocycles. The highest BCUT2D eigenvalue weighted by atomic mass is 16.5. The highest BCUT2D eigenvalue weighted by Crippen LogP contribution is 2.24. The van der Waals surface area contributed by atoms with Crippen molar-refractivity contribution < 1.29 is 14.3 Å². The van der Waals surface area contributed by atoms with Crippen molar-refractivity contribution in [2.24, 2.45) is 0 Å². The zero-order valence-electron chi connectivity index (χ0n) is 20.0. The lowest BCUT2D eigenvalue weighted by Crippen LogP contribution is -2.40. The average molecular weight is 449 g/mol. The van der Waals surface area contributed by atoms with Crippen molar-refractivity contribution >= 4 is 11.7 Å². The maximum atomic E-state index is 13.1. The Labute approximate surface area is 195 Å². The van der Waals surface area contributed by atoms with Gasteiger partial charge in [0, 0.05) is 6.54 Å². The molecular weight excluding hydrogens is 416 g/mol. The van der Waals surface area contributed by atoms with E-state index in [-0.39, 0.29) is 6.04 Å². The Kier molecular flexibility index (Phi) is 8.01. The van der Waals surface area contributed by atoms with Crippen LogP contribution in [0.2, 0.25) is 0 Å². The van der Waals surface area contributed by atoms with Crippen LogP contribution in [0, 0.1) is 13.8 Å². The Hall–Kier alpha value is -3.45. The van der Waals surface area contributed by atoms with Gasteiger partial charge in [0.15, 0.2) is 0 Å². The smallest absolute Gasteiger partial charge is 0.292 e. The Morgan fingerprint density at radius 3 is 2.39 bits per heavy atom. The van der Waals surface area contributed by atoms with Gasteiger partial charge in [0.1, 0.15) is 5.75 Å². The lowest BCUT2D eigenvalue weighted by atomic mass is 10.0. The van der Waals surface area contributed by atoms with Gasteiger partial charge in [0.25, 0.3) is 11.7 Å². The number of likely N-dealkylation sites (N-methyl/N-ethyl adjacent to an activating group) is 1. The molecule has 1 atom stereocenters. The molecule has 1 aromatic heterocycles. The number of rotatable bonds is 10. The predicted octanol–water partition coefficient (Wildman–Crippen LogP) is 3.88. The van der Waals surface area contributed by atoms with Crippen molar-refractivity contribution in [2.45, 2.75) is 33.7 Å². The normalized spacial score (nSPS) is 11.9. The average Bonchev–Trinajstić information content (AvgIpc) is 3.15. The monoisotopic (exact) mass is 448 g/mol. The number of carbonyl (C=O) groups excluding carboxylic acids is 2. The maximum Gasteiger partial charge on any atom is 0.292 e. The van der Waals surface area contributed by atoms with Gasteiger partial charge in [-0.3, -0.25) is 14.5 Å². The van der Waals surface area contributed by atoms with Crippen molar-refractivity contribution in [3.63, 3.8) is 0 Å². The summed E-state index contributed by atoms with van der Waals surface area (Å²) < 4.78 is 7.07. The molecular formula is C26H32N4O3. The van der Waals surface area contributed by atoms with Gasteiger partial charge in [0.05, 0.1) is 35.8 Å². The molecule has 2 aromatic carbocycles. The largest absolute Gasteiger partial charge is 0.497 e. The predicted molar refractivity (Wildman–Crippen MR) is 129 cm³/mol. The van der Waals surface area contributed by atoms with E-state index in [0.717, 1.165) is 30.1 Å². The van der Waals surface area contributed by atoms with E-state index in [4.69, 9.17) is 4.74 Å². The lowest BCUT2D eigenvalue weighted by molar-refractivity contribution is -0.117. The minimum Gasteiger partial charge on any atom is -0.497 e. The fraction of sp³-hybridized carbons (Fsp3) is 0.346. The van der Waals surface area contributed by atoms with Crippen LogP contribution in [0.25, 0.3) is 5.69 Å². The zero-order valence-corrected chi connectivity index (χ0v) is 20.0. The van der Waals surface area contributed by atoms with Crippen molar-refractivity contribution in [2.75, 3.05) is 26.7 Å². The van der Waals surface area contributed by atoms with Crippen LogP contribution in [0.4, 0.5) is 0 Å². The van der Waals surface area contributed by atoms with E-state index in [1.54, 1.807) is 18.7 Å². The van der Waals surface area contributed by atoms with E-state index in [9.17, 15) is 9.59 Å². The van der Waals surface area contributed by atoms with Crippen molar-refractivity contribution in [3.05, 3.63) is 77.1 Å². The SMILES string of the molecule is CCN(CC)[C@@H](CNC(=O)C(=O)c1c(C)nn(-c2ccccc2)c1C)c1cccc(OC)c1. The number of carbonyl (C=O) groups is 2. The van der Waals surface area contributed by atoms with Crippen LogP contribution >= 0.6 is 0 Å². The van der Waals surface area contributed by atoms with E-state index >= 15 is 0 Å². The molecule has 0 bridgehead atoms. The standard InChI is InChI=1S/C26H32N4O3/c1-6-29(7-2)23(20-12-11-15-22(16-20)33-5)17-27-26(32)25(31)24-18(3)28-30(19(24)4)21-13-9-8-10-14-21/h8-16,23H,6-7,17H2,1-5H3,(H,27,32)/t23-/m0/s1. The van der Waals surface area contributed by atoms with E-state index in [1.807, 2.05) is 61.5 Å². The number of nitrogens with one attached hydrogen (secondary N) is 1. The summed E-state index contributed by atoms with van der Waals surface area (Å²) in [5, 5.41) is 7.36. The van der Waals surface area contributed by atoms with Gasteiger partial charge in [0.2, 0.25) is 0 Å². The number of nitrogens with zero attached hydrogens (tertiary/aromatic N) is 3. The number of hydrogen-bond donors (Lipinski definition) is 1. The van der Waals surface area contributed by atoms with Crippen LogP contribution in [-0.2, 0) is 4.79 Å². The molecule has 1 N–H and O–H groups in total. The number of aryl methyl sites for hydroxylation is 1. The van der Waals surface area contributed by atoms with Crippen molar-refractivity contribution in [3.8, 4) is 11.4 Å². The fourth-order valence-corrected chi connectivity index (χ4v) is 4.15. The fourth-order valence-electron chi connectivity index (χ4n) is 4.15. The highest BCUT2D eigenvalue weighted by molar-refractivity contribution is 6.43. The third-order valence-electron chi connectivity index (χ3n) is 5.91. The first-order valence-electron chi connectivity index (χ1n) is 11.2. The third-order valence-corrected chi connectivity index (χ3v) is 5.91. The molecule has 7 nitrogen and oxygen atoms in total. The van der Waals surface area contributed by atoms with Gasteiger partial charge in [-0.15, -0.1) is 0 Å². The molecule has 3 rings (SSSR count). The van der Waals surface area contributed by atoms with E-state index in [0.29, 0.717) is 23.5 Å². The Morgan fingerprint density at radius 1 is 1.06 bits per heavy atom. The number of benzene rings is 2. The number of para-hydroxylation sites is 1. The summed E-state index contributed by atoms with van der Waals surface area (Å²) in [5.41, 5.74) is 3.39. The van der Waals surface area contributed by atoms with Crippen LogP contribution in [0.5, 0.6) is 5.75 Å². The van der Waals surface area contributed by atoms with Gasteiger partial charge in [-0.25, -0.2) is 4.68 Å². The van der Waals surface area contributed by atoms with Gasteiger partial charge < -0.3 is 10.1 Å². The summed E-state index contributed by atoms with van der Waals surface area (Å²) in [7, 11) is 1.63. The van der Waals surface area contributed by atoms with Crippen LogP contribution < -0.4 is 10.1 Å². The van der Waals surface area contributed by atoms with E-state index in [1.165, 1.54) is 0 Å². The van der Waals surface area contributed by atoms with Gasteiger partial charge in [-0.2, -0.15) is 5.10 Å². The summed E-state index contributed by atoms with van der Waals surface area (Å²) in [6.07, 6.45) is 0. The molecule has 0 spiro atoms. The molecule has 33 heavy (non-hydrogen) atoms. The third kappa shape index (κ3) is 5.31. The maximum absolute atomic E-state index is 13.1. The van der Waals surface area contributed by atoms with Crippen molar-refractivity contribution in [1.29, 1.82) is 0 Å². The summed E-state index contributed by atoms with van der Waals surface area (Å²) in [5.74, 6) is -0.448. The molecule has 0 aliphatic carbocycles. The number of hydrogen-bond acceptors (Lipinski definition) is 5. The number of amides is 1. The van der Waals surface area contributed by atoms with Gasteiger partial charge >= 0.3 is 0 Å². The van der Waals surface area contributed by atoms with E-state index < -0.39 is 11.7 Å². The molecule has 0 radical (unpaired) electrons. The molecule has 0 aliphatic rings. The second kappa shape index (κ2) is 10.9. The Balaban J connectivity index is 1.81. The quantitative estimate of drug-likeness (QED) is 0.376. The number of Topliss-reactive ketones (excluding diaryl/α,β-unsaturated/α-hetero) is 1. The van der Waals surface area contributed by atoms with Gasteiger partial charge in [-0.1, -0.05) is 44.2 Å². The topological polar surface area (TPSA) is 76.5 Å². The number of methoxy groups -OCH3 is 1. The summed E-state index contributed by atoms with van der Waals surface area (Å²) in [6.45, 7) is 9.64. The molecule has 174 valence electrons. The molecule has 7 heteroatoms. The second-order valence-corrected chi connectivity index (χ2v) is 7.85. The Morgan fingerprint density at radius 2 is 1.76 bits per heavy atom. The van der Waals surface area contributed by atoms with Crippen LogP contribution in [0.15, 0.2) is 54.6 Å². The Bertz CT molecular complexity index is 1100. The molecule has 0 unspecified atom stereocenters. The first-order valence-corrected chi connectivity index (χ1v) is 11.2. The minimum absolute atomic E-state index is 0.0823. The van der Waals surface area contributed by atoms with Crippen molar-refractivity contribution in [1.82, 2.24) is 20.0 Å². The summed E-state index contributed by atoms with van der Waals surface area (Å²) in [6, 6.07) is 17.3. The van der Waals surface area contributed by atoms with E-state index in [2.05, 4.69) is 29.2 Å². The summed E-state index contributed by atoms with van der Waals surface area (Å²) in [4.78, 5) is 28.2. The van der Waals surface area contributed by atoms with Crippen LogP contribution in [0.3, 0.4) is 0 Å². The number of ether oxygens (including phenoxy) is 1. The first kappa shape index (κ1) is 24.2. The lowest BCUT2D eigenvalue weighted by Gasteiger charge is -2.30. The highest BCUT2D eigenvalue weighted by Gasteiger charge is 2.27. The molecule has 0 fully saturated rings. The van der Waals surface area contributed by atoms with Gasteiger partial charge in [-0.05, 0) is 56.8 Å². The van der Waals surface area contributed by atoms with Crippen LogP contribution in [0.1, 0.15) is 47.2 Å².